The molecule has 1 rings (SSSR count). The summed E-state index contributed by atoms with van der Waals surface area (Å²) < 4.78 is 0. The van der Waals surface area contributed by atoms with Gasteiger partial charge in [0.1, 0.15) is 0 Å². The van der Waals surface area contributed by atoms with Crippen molar-refractivity contribution in [3.05, 3.63) is 0 Å². The number of hydrogen-bond donors (Lipinski definition) is 0. The number of alkyl halides is 1. The molecule has 2 nitrogen and oxygen atoms in total. The molecule has 3 heteroatoms. The molecule has 0 aromatic rings. The van der Waals surface area contributed by atoms with Gasteiger partial charge in [0, 0.05) is 25.0 Å². The van der Waals surface area contributed by atoms with Crippen LogP contribution in [-0.4, -0.2) is 54.4 Å². The van der Waals surface area contributed by atoms with Gasteiger partial charge in [-0.1, -0.05) is 35.7 Å². The number of rotatable bonds is 6. The van der Waals surface area contributed by atoms with Crippen molar-refractivity contribution >= 4 is 15.9 Å². The lowest BCUT2D eigenvalue weighted by Crippen LogP contribution is -2.32. The summed E-state index contributed by atoms with van der Waals surface area (Å²) in [5.74, 6) is 0. The molecule has 1 fully saturated rings. The zero-order valence-corrected chi connectivity index (χ0v) is 11.6. The maximum atomic E-state index is 3.52. The molecule has 1 aliphatic rings. The molecule has 0 spiro atoms. The first kappa shape index (κ1) is 13.5. The van der Waals surface area contributed by atoms with Gasteiger partial charge < -0.3 is 9.80 Å². The second kappa shape index (κ2) is 8.54. The van der Waals surface area contributed by atoms with E-state index in [2.05, 4.69) is 32.7 Å². The molecule has 0 bridgehead atoms. The standard InChI is InChI=1S/C12H25BrN2/c1-2-3-4-7-14-8-5-9-15(10-6-13)12-11-14/h2-12H2,1H3. The van der Waals surface area contributed by atoms with Crippen molar-refractivity contribution in [1.82, 2.24) is 9.80 Å². The Kier molecular flexibility index (Phi) is 7.67. The summed E-state index contributed by atoms with van der Waals surface area (Å²) in [6.45, 7) is 9.94. The van der Waals surface area contributed by atoms with Crippen LogP contribution in [0.4, 0.5) is 0 Å². The summed E-state index contributed by atoms with van der Waals surface area (Å²) in [6, 6.07) is 0. The Morgan fingerprint density at radius 1 is 0.933 bits per heavy atom. The minimum Gasteiger partial charge on any atom is -0.302 e. The molecule has 90 valence electrons. The predicted octanol–water partition coefficient (Wildman–Crippen LogP) is 2.58. The third-order valence-corrected chi connectivity index (χ3v) is 3.51. The van der Waals surface area contributed by atoms with Crippen molar-refractivity contribution in [2.45, 2.75) is 32.6 Å². The second-order valence-corrected chi connectivity index (χ2v) is 5.23. The summed E-state index contributed by atoms with van der Waals surface area (Å²) in [5.41, 5.74) is 0. The lowest BCUT2D eigenvalue weighted by molar-refractivity contribution is 0.260. The molecule has 0 aromatic heterocycles. The van der Waals surface area contributed by atoms with Crippen molar-refractivity contribution in [2.75, 3.05) is 44.6 Å². The summed E-state index contributed by atoms with van der Waals surface area (Å²) in [4.78, 5) is 5.22. The second-order valence-electron chi connectivity index (χ2n) is 4.43. The zero-order valence-electron chi connectivity index (χ0n) is 10.1. The van der Waals surface area contributed by atoms with Crippen LogP contribution in [0.25, 0.3) is 0 Å². The fourth-order valence-corrected chi connectivity index (χ4v) is 2.68. The van der Waals surface area contributed by atoms with E-state index in [1.807, 2.05) is 0 Å². The quantitative estimate of drug-likeness (QED) is 0.544. The van der Waals surface area contributed by atoms with Crippen LogP contribution in [0.5, 0.6) is 0 Å². The van der Waals surface area contributed by atoms with E-state index in [-0.39, 0.29) is 0 Å². The van der Waals surface area contributed by atoms with Gasteiger partial charge in [-0.3, -0.25) is 0 Å². The van der Waals surface area contributed by atoms with Gasteiger partial charge in [-0.2, -0.15) is 0 Å². The van der Waals surface area contributed by atoms with E-state index in [1.54, 1.807) is 0 Å². The molecule has 0 radical (unpaired) electrons. The molecule has 1 heterocycles. The molecule has 0 saturated carbocycles. The van der Waals surface area contributed by atoms with Crippen LogP contribution in [0.15, 0.2) is 0 Å². The molecule has 0 unspecified atom stereocenters. The van der Waals surface area contributed by atoms with Gasteiger partial charge in [0.2, 0.25) is 0 Å². The van der Waals surface area contributed by atoms with Crippen LogP contribution < -0.4 is 0 Å². The Labute approximate surface area is 103 Å². The maximum Gasteiger partial charge on any atom is 0.0159 e. The highest BCUT2D eigenvalue weighted by molar-refractivity contribution is 9.09. The van der Waals surface area contributed by atoms with Gasteiger partial charge in [-0.15, -0.1) is 0 Å². The number of nitrogens with zero attached hydrogens (tertiary/aromatic N) is 2. The Morgan fingerprint density at radius 3 is 2.20 bits per heavy atom. The minimum absolute atomic E-state index is 1.11. The number of unbranched alkanes of at least 4 members (excludes halogenated alkanes) is 2. The van der Waals surface area contributed by atoms with Crippen LogP contribution in [0, 0.1) is 0 Å². The van der Waals surface area contributed by atoms with Crippen molar-refractivity contribution in [2.24, 2.45) is 0 Å². The van der Waals surface area contributed by atoms with E-state index in [1.165, 1.54) is 65.0 Å². The monoisotopic (exact) mass is 276 g/mol. The largest absolute Gasteiger partial charge is 0.302 e. The van der Waals surface area contributed by atoms with E-state index in [4.69, 9.17) is 0 Å². The minimum atomic E-state index is 1.11. The van der Waals surface area contributed by atoms with Crippen LogP contribution in [0.2, 0.25) is 0 Å². The van der Waals surface area contributed by atoms with Gasteiger partial charge in [0.15, 0.2) is 0 Å². The van der Waals surface area contributed by atoms with Gasteiger partial charge in [0.25, 0.3) is 0 Å². The van der Waals surface area contributed by atoms with Gasteiger partial charge in [0.05, 0.1) is 0 Å². The SMILES string of the molecule is CCCCCN1CCCN(CCBr)CC1. The molecule has 1 aliphatic heterocycles. The summed E-state index contributed by atoms with van der Waals surface area (Å²) >= 11 is 3.52. The molecular formula is C12H25BrN2. The fraction of sp³-hybridized carbons (Fsp3) is 1.00. The molecule has 0 aromatic carbocycles. The first-order valence-electron chi connectivity index (χ1n) is 6.37. The van der Waals surface area contributed by atoms with Crippen LogP contribution in [0.1, 0.15) is 32.6 Å². The van der Waals surface area contributed by atoms with Crippen LogP contribution >= 0.6 is 15.9 Å². The lowest BCUT2D eigenvalue weighted by atomic mass is 10.2. The summed E-state index contributed by atoms with van der Waals surface area (Å²) in [7, 11) is 0. The third-order valence-electron chi connectivity index (χ3n) is 3.16. The fourth-order valence-electron chi connectivity index (χ4n) is 2.18. The van der Waals surface area contributed by atoms with Crippen molar-refractivity contribution in [3.8, 4) is 0 Å². The highest BCUT2D eigenvalue weighted by Gasteiger charge is 2.13. The van der Waals surface area contributed by atoms with Crippen LogP contribution in [-0.2, 0) is 0 Å². The smallest absolute Gasteiger partial charge is 0.0159 e. The third kappa shape index (κ3) is 5.88. The molecule has 0 N–H and O–H groups in total. The highest BCUT2D eigenvalue weighted by atomic mass is 79.9. The lowest BCUT2D eigenvalue weighted by Gasteiger charge is -2.20. The molecule has 15 heavy (non-hydrogen) atoms. The maximum absolute atomic E-state index is 3.52. The van der Waals surface area contributed by atoms with E-state index in [9.17, 15) is 0 Å². The Balaban J connectivity index is 2.14. The van der Waals surface area contributed by atoms with Gasteiger partial charge >= 0.3 is 0 Å². The van der Waals surface area contributed by atoms with E-state index in [0.29, 0.717) is 0 Å². The average Bonchev–Trinajstić information content (AvgIpc) is 2.45. The molecular weight excluding hydrogens is 252 g/mol. The van der Waals surface area contributed by atoms with Gasteiger partial charge in [-0.05, 0) is 32.5 Å². The predicted molar refractivity (Wildman–Crippen MR) is 70.8 cm³/mol. The van der Waals surface area contributed by atoms with Crippen LogP contribution in [0.3, 0.4) is 0 Å². The summed E-state index contributed by atoms with van der Waals surface area (Å²) in [5, 5.41) is 1.11. The first-order valence-corrected chi connectivity index (χ1v) is 7.49. The first-order chi connectivity index (χ1) is 7.36. The van der Waals surface area contributed by atoms with E-state index >= 15 is 0 Å². The number of hydrogen-bond acceptors (Lipinski definition) is 2. The zero-order chi connectivity index (χ0) is 10.9. The van der Waals surface area contributed by atoms with Crippen molar-refractivity contribution < 1.29 is 0 Å². The van der Waals surface area contributed by atoms with E-state index in [0.717, 1.165) is 5.33 Å². The molecule has 0 amide bonds. The van der Waals surface area contributed by atoms with Crippen molar-refractivity contribution in [1.29, 1.82) is 0 Å². The van der Waals surface area contributed by atoms with Gasteiger partial charge in [-0.25, -0.2) is 0 Å². The van der Waals surface area contributed by atoms with E-state index < -0.39 is 0 Å². The Bertz CT molecular complexity index is 153. The normalized spacial score (nSPS) is 20.4. The molecule has 0 atom stereocenters. The Hall–Kier alpha value is 0.400. The average molecular weight is 277 g/mol. The topological polar surface area (TPSA) is 6.48 Å². The Morgan fingerprint density at radius 2 is 1.60 bits per heavy atom. The number of halogens is 1. The van der Waals surface area contributed by atoms with Crippen molar-refractivity contribution in [3.63, 3.8) is 0 Å². The summed E-state index contributed by atoms with van der Waals surface area (Å²) in [6.07, 6.45) is 5.46. The highest BCUT2D eigenvalue weighted by Crippen LogP contribution is 2.05. The molecule has 1 saturated heterocycles. The molecule has 0 aliphatic carbocycles.